The Morgan fingerprint density at radius 2 is 1.49 bits per heavy atom. The highest BCUT2D eigenvalue weighted by Crippen LogP contribution is 2.35. The molecule has 0 amide bonds. The Labute approximate surface area is 206 Å². The molecular weight excluding hydrogens is 445 g/mol. The highest BCUT2D eigenvalue weighted by Gasteiger charge is 2.15. The Morgan fingerprint density at radius 1 is 0.686 bits per heavy atom. The van der Waals surface area contributed by atoms with E-state index in [1.54, 1.807) is 0 Å². The number of aryl methyl sites for hydroxylation is 2. The first kappa shape index (κ1) is 21.7. The monoisotopic (exact) mass is 471 g/mol. The largest absolute Gasteiger partial charge is 0.294 e. The van der Waals surface area contributed by atoms with Gasteiger partial charge < -0.3 is 0 Å². The van der Waals surface area contributed by atoms with Crippen LogP contribution in [0.15, 0.2) is 103 Å². The molecule has 0 N–H and O–H groups in total. The molecule has 3 nitrogen and oxygen atoms in total. The van der Waals surface area contributed by atoms with Crippen LogP contribution in [0.2, 0.25) is 0 Å². The molecule has 3 heterocycles. The number of hydrogen-bond donors (Lipinski definition) is 0. The average Bonchev–Trinajstić information content (AvgIpc) is 3.22. The van der Waals surface area contributed by atoms with Crippen LogP contribution in [0.1, 0.15) is 11.3 Å². The van der Waals surface area contributed by atoms with E-state index in [0.29, 0.717) is 0 Å². The Hall–Kier alpha value is -3.81. The van der Waals surface area contributed by atoms with Crippen LogP contribution in [0.4, 0.5) is 0 Å². The van der Waals surface area contributed by atoms with Gasteiger partial charge in [0, 0.05) is 22.7 Å². The second-order valence-corrected chi connectivity index (χ2v) is 11.1. The van der Waals surface area contributed by atoms with E-state index in [1.165, 1.54) is 49.2 Å². The molecule has 0 fully saturated rings. The van der Waals surface area contributed by atoms with Gasteiger partial charge in [0.2, 0.25) is 0 Å². The third-order valence-electron chi connectivity index (χ3n) is 6.59. The predicted molar refractivity (Wildman–Crippen MR) is 150 cm³/mol. The molecule has 170 valence electrons. The number of fused-ring (bicyclic) bond motifs is 3. The summed E-state index contributed by atoms with van der Waals surface area (Å²) in [7, 11) is -0.517. The van der Waals surface area contributed by atoms with Gasteiger partial charge >= 0.3 is 0 Å². The molecule has 3 aromatic carbocycles. The van der Waals surface area contributed by atoms with Gasteiger partial charge in [-0.15, -0.1) is 0 Å². The third kappa shape index (κ3) is 3.92. The fourth-order valence-corrected chi connectivity index (χ4v) is 6.31. The first-order chi connectivity index (χ1) is 17.1. The molecule has 0 saturated heterocycles. The van der Waals surface area contributed by atoms with Crippen LogP contribution in [0, 0.1) is 13.8 Å². The lowest BCUT2D eigenvalue weighted by Crippen LogP contribution is -2.14. The topological polar surface area (TPSA) is 30.7 Å². The summed E-state index contributed by atoms with van der Waals surface area (Å²) in [6.07, 6.45) is 1.89. The van der Waals surface area contributed by atoms with E-state index in [2.05, 4.69) is 116 Å². The molecule has 0 spiro atoms. The molecule has 3 aromatic heterocycles. The van der Waals surface area contributed by atoms with Gasteiger partial charge in [0.05, 0.1) is 16.5 Å². The van der Waals surface area contributed by atoms with E-state index in [0.717, 1.165) is 11.5 Å². The second kappa shape index (κ2) is 8.76. The molecule has 35 heavy (non-hydrogen) atoms. The molecular formula is C31H26N3P. The van der Waals surface area contributed by atoms with Gasteiger partial charge in [-0.25, -0.2) is 4.98 Å². The maximum Gasteiger partial charge on any atom is 0.137 e. The number of pyridine rings is 2. The van der Waals surface area contributed by atoms with E-state index in [1.807, 2.05) is 12.3 Å². The summed E-state index contributed by atoms with van der Waals surface area (Å²) in [6.45, 7) is 6.46. The van der Waals surface area contributed by atoms with Crippen molar-refractivity contribution in [2.24, 2.45) is 0 Å². The van der Waals surface area contributed by atoms with Gasteiger partial charge in [0.1, 0.15) is 5.82 Å². The van der Waals surface area contributed by atoms with Crippen LogP contribution in [0.25, 0.3) is 38.8 Å². The van der Waals surface area contributed by atoms with E-state index >= 15 is 0 Å². The molecule has 1 atom stereocenters. The van der Waals surface area contributed by atoms with Gasteiger partial charge in [0.15, 0.2) is 0 Å². The fraction of sp³-hybridized carbons (Fsp3) is 0.0968. The molecule has 0 aliphatic carbocycles. The zero-order valence-corrected chi connectivity index (χ0v) is 21.0. The van der Waals surface area contributed by atoms with E-state index in [9.17, 15) is 0 Å². The molecule has 0 aliphatic heterocycles. The smallest absolute Gasteiger partial charge is 0.137 e. The molecule has 4 heteroatoms. The van der Waals surface area contributed by atoms with Crippen molar-refractivity contribution >= 4 is 40.5 Å². The summed E-state index contributed by atoms with van der Waals surface area (Å²) in [5.41, 5.74) is 8.21. The number of hydrogen-bond acceptors (Lipinski definition) is 2. The zero-order chi connectivity index (χ0) is 23.9. The van der Waals surface area contributed by atoms with E-state index in [4.69, 9.17) is 9.97 Å². The highest BCUT2D eigenvalue weighted by atomic mass is 31.1. The predicted octanol–water partition coefficient (Wildman–Crippen LogP) is 6.92. The number of para-hydroxylation sites is 1. The standard InChI is InChI=1S/C31H26N3P/c1-21-16-17-32-30(18-21)34-28-12-5-4-11-26(28)27-15-14-24(20-29(27)34)23-9-7-10-25(19-23)35(3)31-13-6-8-22(2)33-31/h4-20H,1-3H3. The van der Waals surface area contributed by atoms with Crippen LogP contribution in [0.3, 0.4) is 0 Å². The molecule has 0 saturated carbocycles. The number of benzene rings is 3. The molecule has 0 bridgehead atoms. The lowest BCUT2D eigenvalue weighted by Gasteiger charge is -2.14. The summed E-state index contributed by atoms with van der Waals surface area (Å²) < 4.78 is 2.29. The quantitative estimate of drug-likeness (QED) is 0.261. The van der Waals surface area contributed by atoms with Gasteiger partial charge in [-0.2, -0.15) is 0 Å². The van der Waals surface area contributed by atoms with Crippen LogP contribution in [0.5, 0.6) is 0 Å². The molecule has 0 radical (unpaired) electrons. The average molecular weight is 472 g/mol. The van der Waals surface area contributed by atoms with Gasteiger partial charge in [-0.05, 0) is 92.9 Å². The summed E-state index contributed by atoms with van der Waals surface area (Å²) in [4.78, 5) is 9.51. The van der Waals surface area contributed by atoms with E-state index in [-0.39, 0.29) is 0 Å². The lowest BCUT2D eigenvalue weighted by molar-refractivity contribution is 1.07. The first-order valence-electron chi connectivity index (χ1n) is 11.8. The van der Waals surface area contributed by atoms with Crippen molar-refractivity contribution in [2.75, 3.05) is 6.66 Å². The molecule has 6 rings (SSSR count). The van der Waals surface area contributed by atoms with Crippen LogP contribution in [-0.2, 0) is 0 Å². The van der Waals surface area contributed by atoms with Crippen molar-refractivity contribution in [1.29, 1.82) is 0 Å². The number of nitrogens with zero attached hydrogens (tertiary/aromatic N) is 3. The van der Waals surface area contributed by atoms with Gasteiger partial charge in [-0.3, -0.25) is 9.55 Å². The summed E-state index contributed by atoms with van der Waals surface area (Å²) in [6, 6.07) is 34.8. The maximum atomic E-state index is 4.79. The van der Waals surface area contributed by atoms with Gasteiger partial charge in [0.25, 0.3) is 0 Å². The third-order valence-corrected chi connectivity index (χ3v) is 8.58. The minimum Gasteiger partial charge on any atom is -0.294 e. The van der Waals surface area contributed by atoms with Crippen LogP contribution < -0.4 is 10.7 Å². The molecule has 6 aromatic rings. The Kier molecular flexibility index (Phi) is 5.43. The van der Waals surface area contributed by atoms with Crippen LogP contribution >= 0.6 is 7.92 Å². The van der Waals surface area contributed by atoms with Gasteiger partial charge in [-0.1, -0.05) is 54.6 Å². The highest BCUT2D eigenvalue weighted by molar-refractivity contribution is 7.72. The minimum atomic E-state index is -0.517. The Balaban J connectivity index is 1.51. The minimum absolute atomic E-state index is 0.517. The lowest BCUT2D eigenvalue weighted by atomic mass is 10.0. The first-order valence-corrected chi connectivity index (χ1v) is 13.6. The zero-order valence-electron chi connectivity index (χ0n) is 20.1. The van der Waals surface area contributed by atoms with Crippen LogP contribution in [-0.4, -0.2) is 21.2 Å². The summed E-state index contributed by atoms with van der Waals surface area (Å²) >= 11 is 0. The maximum absolute atomic E-state index is 4.79. The Bertz CT molecular complexity index is 1700. The molecule has 1 unspecified atom stereocenters. The van der Waals surface area contributed by atoms with Crippen molar-refractivity contribution in [3.8, 4) is 16.9 Å². The Morgan fingerprint density at radius 3 is 2.34 bits per heavy atom. The van der Waals surface area contributed by atoms with Crippen molar-refractivity contribution in [3.05, 3.63) is 115 Å². The fourth-order valence-electron chi connectivity index (χ4n) is 4.78. The van der Waals surface area contributed by atoms with Crippen molar-refractivity contribution in [2.45, 2.75) is 13.8 Å². The normalized spacial score (nSPS) is 12.3. The SMILES string of the molecule is Cc1ccnc(-n2c3ccccc3c3ccc(-c4cccc(P(C)c5cccc(C)n5)c4)cc32)c1. The van der Waals surface area contributed by atoms with Crippen molar-refractivity contribution in [3.63, 3.8) is 0 Å². The van der Waals surface area contributed by atoms with E-state index < -0.39 is 7.92 Å². The number of rotatable bonds is 4. The summed E-state index contributed by atoms with van der Waals surface area (Å²) in [5, 5.41) is 3.82. The number of aromatic nitrogens is 3. The summed E-state index contributed by atoms with van der Waals surface area (Å²) in [5.74, 6) is 0.949. The second-order valence-electron chi connectivity index (χ2n) is 9.02. The van der Waals surface area contributed by atoms with Crippen molar-refractivity contribution in [1.82, 2.24) is 14.5 Å². The van der Waals surface area contributed by atoms with Crippen molar-refractivity contribution < 1.29 is 0 Å². The molecule has 0 aliphatic rings.